The van der Waals surface area contributed by atoms with Crippen LogP contribution in [0.3, 0.4) is 0 Å². The topological polar surface area (TPSA) is 20.3 Å². The van der Waals surface area contributed by atoms with E-state index in [9.17, 15) is 4.79 Å². The number of Topliss-reactive ketones (excluding diaryl/α,β-unsaturated/α-hetero) is 1. The molecule has 1 aromatic carbocycles. The maximum absolute atomic E-state index is 11.4. The average molecular weight is 329 g/mol. The van der Waals surface area contributed by atoms with E-state index in [2.05, 4.69) is 51.8 Å². The molecule has 0 aromatic heterocycles. The molecule has 0 bridgehead atoms. The monoisotopic (exact) mass is 329 g/mol. The maximum atomic E-state index is 11.4. The number of carbonyl (C=O) groups is 1. The summed E-state index contributed by atoms with van der Waals surface area (Å²) < 4.78 is 1.27. The van der Waals surface area contributed by atoms with Crippen LogP contribution in [0.1, 0.15) is 18.9 Å². The van der Waals surface area contributed by atoms with Crippen LogP contribution in [0.25, 0.3) is 0 Å². The molecule has 0 saturated carbocycles. The van der Waals surface area contributed by atoms with Gasteiger partial charge in [-0.15, -0.1) is 0 Å². The zero-order valence-electron chi connectivity index (χ0n) is 9.45. The molecule has 2 nitrogen and oxygen atoms in total. The van der Waals surface area contributed by atoms with Crippen LogP contribution >= 0.6 is 22.6 Å². The Hall–Kier alpha value is -0.420. The van der Waals surface area contributed by atoms with Gasteiger partial charge in [-0.1, -0.05) is 19.1 Å². The number of rotatable bonds is 2. The first-order valence-electron chi connectivity index (χ1n) is 5.64. The summed E-state index contributed by atoms with van der Waals surface area (Å²) in [7, 11) is 0. The maximum Gasteiger partial charge on any atom is 0.138 e. The van der Waals surface area contributed by atoms with Gasteiger partial charge in [0.05, 0.1) is 0 Å². The number of benzene rings is 1. The van der Waals surface area contributed by atoms with Crippen LogP contribution < -0.4 is 0 Å². The molecule has 1 fully saturated rings. The van der Waals surface area contributed by atoms with E-state index in [1.165, 1.54) is 9.13 Å². The summed E-state index contributed by atoms with van der Waals surface area (Å²) in [6.45, 7) is 4.82. The molecule has 2 rings (SSSR count). The minimum Gasteiger partial charge on any atom is -0.299 e. The molecule has 0 radical (unpaired) electrons. The van der Waals surface area contributed by atoms with E-state index in [0.717, 1.165) is 19.6 Å². The van der Waals surface area contributed by atoms with Gasteiger partial charge in [0.15, 0.2) is 0 Å². The summed E-state index contributed by atoms with van der Waals surface area (Å²) in [5.74, 6) is 0.622. The van der Waals surface area contributed by atoms with Crippen molar-refractivity contribution in [2.24, 2.45) is 5.92 Å². The summed E-state index contributed by atoms with van der Waals surface area (Å²) in [6.07, 6.45) is 0.714. The summed E-state index contributed by atoms with van der Waals surface area (Å²) >= 11 is 2.31. The Bertz CT molecular complexity index is 374. The van der Waals surface area contributed by atoms with Crippen molar-refractivity contribution in [1.82, 2.24) is 4.90 Å². The van der Waals surface area contributed by atoms with E-state index in [0.29, 0.717) is 12.2 Å². The molecule has 1 unspecified atom stereocenters. The van der Waals surface area contributed by atoms with Crippen molar-refractivity contribution < 1.29 is 4.79 Å². The van der Waals surface area contributed by atoms with Crippen molar-refractivity contribution in [3.63, 3.8) is 0 Å². The third-order valence-electron chi connectivity index (χ3n) is 3.08. The molecule has 0 aliphatic carbocycles. The van der Waals surface area contributed by atoms with Gasteiger partial charge in [0.2, 0.25) is 0 Å². The normalized spacial score (nSPS) is 22.4. The van der Waals surface area contributed by atoms with E-state index in [1.807, 2.05) is 6.92 Å². The fourth-order valence-electron chi connectivity index (χ4n) is 2.09. The van der Waals surface area contributed by atoms with Crippen LogP contribution in [0.5, 0.6) is 0 Å². The molecule has 1 aliphatic rings. The number of ketones is 1. The van der Waals surface area contributed by atoms with Gasteiger partial charge in [-0.3, -0.25) is 9.69 Å². The Kier molecular flexibility index (Phi) is 3.97. The highest BCUT2D eigenvalue weighted by molar-refractivity contribution is 14.1. The number of carbonyl (C=O) groups excluding carboxylic acids is 1. The number of piperidine rings is 1. The van der Waals surface area contributed by atoms with Gasteiger partial charge < -0.3 is 0 Å². The molecule has 1 aromatic rings. The van der Waals surface area contributed by atoms with Crippen LogP contribution in [0.2, 0.25) is 0 Å². The summed E-state index contributed by atoms with van der Waals surface area (Å²) in [5, 5.41) is 0. The number of halogens is 1. The van der Waals surface area contributed by atoms with Crippen LogP contribution in [0, 0.1) is 9.49 Å². The van der Waals surface area contributed by atoms with Gasteiger partial charge in [-0.05, 0) is 40.3 Å². The highest BCUT2D eigenvalue weighted by Crippen LogP contribution is 2.16. The zero-order chi connectivity index (χ0) is 11.5. The van der Waals surface area contributed by atoms with E-state index >= 15 is 0 Å². The third kappa shape index (κ3) is 3.04. The lowest BCUT2D eigenvalue weighted by atomic mass is 9.98. The van der Waals surface area contributed by atoms with Crippen molar-refractivity contribution in [3.05, 3.63) is 33.4 Å². The first-order valence-corrected chi connectivity index (χ1v) is 6.72. The predicted octanol–water partition coefficient (Wildman–Crippen LogP) is 2.70. The fourth-order valence-corrected chi connectivity index (χ4v) is 2.45. The molecule has 1 aliphatic heterocycles. The number of nitrogens with zero attached hydrogens (tertiary/aromatic N) is 1. The molecule has 1 atom stereocenters. The van der Waals surface area contributed by atoms with E-state index in [-0.39, 0.29) is 5.92 Å². The molecule has 0 amide bonds. The highest BCUT2D eigenvalue weighted by atomic mass is 127. The molecule has 1 heterocycles. The first-order chi connectivity index (χ1) is 7.65. The highest BCUT2D eigenvalue weighted by Gasteiger charge is 2.22. The van der Waals surface area contributed by atoms with Gasteiger partial charge in [-0.25, -0.2) is 0 Å². The van der Waals surface area contributed by atoms with Gasteiger partial charge in [0.25, 0.3) is 0 Å². The lowest BCUT2D eigenvalue weighted by Gasteiger charge is -2.29. The summed E-state index contributed by atoms with van der Waals surface area (Å²) in [4.78, 5) is 13.8. The fraction of sp³-hybridized carbons (Fsp3) is 0.462. The van der Waals surface area contributed by atoms with Gasteiger partial charge in [0, 0.05) is 35.5 Å². The molecule has 1 saturated heterocycles. The van der Waals surface area contributed by atoms with Gasteiger partial charge in [-0.2, -0.15) is 0 Å². The quantitative estimate of drug-likeness (QED) is 0.778. The molecule has 86 valence electrons. The molecular weight excluding hydrogens is 313 g/mol. The minimum atomic E-state index is 0.206. The van der Waals surface area contributed by atoms with Crippen LogP contribution in [0.4, 0.5) is 0 Å². The second-order valence-electron chi connectivity index (χ2n) is 4.48. The Morgan fingerprint density at radius 1 is 1.38 bits per heavy atom. The standard InChI is InChI=1S/C13H16INO/c1-10-8-15(7-6-13(10)16)9-11-2-4-12(14)5-3-11/h2-5,10H,6-9H2,1H3. The number of hydrogen-bond acceptors (Lipinski definition) is 2. The smallest absolute Gasteiger partial charge is 0.138 e. The van der Waals surface area contributed by atoms with Crippen LogP contribution in [0.15, 0.2) is 24.3 Å². The Balaban J connectivity index is 1.95. The zero-order valence-corrected chi connectivity index (χ0v) is 11.6. The second kappa shape index (κ2) is 5.27. The lowest BCUT2D eigenvalue weighted by Crippen LogP contribution is -2.38. The summed E-state index contributed by atoms with van der Waals surface area (Å²) in [5.41, 5.74) is 1.34. The second-order valence-corrected chi connectivity index (χ2v) is 5.72. The van der Waals surface area contributed by atoms with Crippen molar-refractivity contribution >= 4 is 28.4 Å². The number of likely N-dealkylation sites (tertiary alicyclic amines) is 1. The molecular formula is C13H16INO. The minimum absolute atomic E-state index is 0.206. The molecule has 0 N–H and O–H groups in total. The third-order valence-corrected chi connectivity index (χ3v) is 3.79. The van der Waals surface area contributed by atoms with Gasteiger partial charge >= 0.3 is 0 Å². The number of hydrogen-bond donors (Lipinski definition) is 0. The average Bonchev–Trinajstić information content (AvgIpc) is 2.27. The first kappa shape index (κ1) is 12.0. The Morgan fingerprint density at radius 3 is 2.69 bits per heavy atom. The molecule has 3 heteroatoms. The van der Waals surface area contributed by atoms with E-state index in [1.54, 1.807) is 0 Å². The Labute approximate surface area is 110 Å². The van der Waals surface area contributed by atoms with E-state index < -0.39 is 0 Å². The molecule has 16 heavy (non-hydrogen) atoms. The molecule has 0 spiro atoms. The Morgan fingerprint density at radius 2 is 2.06 bits per heavy atom. The van der Waals surface area contributed by atoms with Crippen molar-refractivity contribution in [1.29, 1.82) is 0 Å². The SMILES string of the molecule is CC1CN(Cc2ccc(I)cc2)CCC1=O. The van der Waals surface area contributed by atoms with Crippen molar-refractivity contribution in [3.8, 4) is 0 Å². The van der Waals surface area contributed by atoms with Crippen LogP contribution in [-0.2, 0) is 11.3 Å². The van der Waals surface area contributed by atoms with E-state index in [4.69, 9.17) is 0 Å². The summed E-state index contributed by atoms with van der Waals surface area (Å²) in [6, 6.07) is 8.61. The van der Waals surface area contributed by atoms with Crippen molar-refractivity contribution in [2.75, 3.05) is 13.1 Å². The largest absolute Gasteiger partial charge is 0.299 e. The lowest BCUT2D eigenvalue weighted by molar-refractivity contribution is -0.125. The van der Waals surface area contributed by atoms with Crippen LogP contribution in [-0.4, -0.2) is 23.8 Å². The predicted molar refractivity (Wildman–Crippen MR) is 73.2 cm³/mol. The van der Waals surface area contributed by atoms with Crippen molar-refractivity contribution in [2.45, 2.75) is 19.9 Å². The van der Waals surface area contributed by atoms with Gasteiger partial charge in [0.1, 0.15) is 5.78 Å².